The van der Waals surface area contributed by atoms with E-state index < -0.39 is 0 Å². The number of benzene rings is 1. The lowest BCUT2D eigenvalue weighted by Gasteiger charge is -2.66. The SMILES string of the molecule is COc1ccc2c3c1O[C@@H]1C34CCN(C)[C@@H](C2)C4CC2C(SC)=NN=C(SC)C21N1CCCC1. The van der Waals surface area contributed by atoms with E-state index in [-0.39, 0.29) is 17.1 Å². The average molecular weight is 499 g/mol. The van der Waals surface area contributed by atoms with Crippen LogP contribution in [0.3, 0.4) is 0 Å². The number of thioether (sulfide) groups is 2. The van der Waals surface area contributed by atoms with Gasteiger partial charge in [-0.25, -0.2) is 0 Å². The Kier molecular flexibility index (Phi) is 4.95. The highest BCUT2D eigenvalue weighted by Gasteiger charge is 2.75. The molecule has 4 heterocycles. The first-order valence-electron chi connectivity index (χ1n) is 12.7. The third kappa shape index (κ3) is 2.44. The number of likely N-dealkylation sites (tertiary alicyclic amines) is 2. The molecule has 6 atom stereocenters. The predicted octanol–water partition coefficient (Wildman–Crippen LogP) is 3.88. The van der Waals surface area contributed by atoms with E-state index in [1.807, 2.05) is 0 Å². The Morgan fingerprint density at radius 2 is 1.94 bits per heavy atom. The van der Waals surface area contributed by atoms with Crippen LogP contribution in [0.5, 0.6) is 11.5 Å². The van der Waals surface area contributed by atoms with Gasteiger partial charge in [0.1, 0.15) is 21.7 Å². The second kappa shape index (κ2) is 7.64. The first kappa shape index (κ1) is 22.0. The number of fused-ring (bicyclic) bond motifs is 2. The zero-order chi connectivity index (χ0) is 23.2. The quantitative estimate of drug-likeness (QED) is 0.617. The van der Waals surface area contributed by atoms with Gasteiger partial charge in [0, 0.05) is 22.9 Å². The van der Waals surface area contributed by atoms with Crippen molar-refractivity contribution in [2.75, 3.05) is 46.3 Å². The van der Waals surface area contributed by atoms with Crippen LogP contribution in [0.2, 0.25) is 0 Å². The Bertz CT molecular complexity index is 1100. The first-order chi connectivity index (χ1) is 16.6. The van der Waals surface area contributed by atoms with Crippen molar-refractivity contribution in [1.82, 2.24) is 9.80 Å². The summed E-state index contributed by atoms with van der Waals surface area (Å²) < 4.78 is 13.2. The maximum Gasteiger partial charge on any atom is 0.165 e. The van der Waals surface area contributed by atoms with E-state index in [9.17, 15) is 0 Å². The third-order valence-corrected chi connectivity index (χ3v) is 11.5. The molecule has 1 saturated carbocycles. The molecule has 4 unspecified atom stereocenters. The fraction of sp³-hybridized carbons (Fsp3) is 0.692. The number of hydrogen-bond donors (Lipinski definition) is 0. The summed E-state index contributed by atoms with van der Waals surface area (Å²) in [5.74, 6) is 2.78. The number of hydrogen-bond acceptors (Lipinski definition) is 8. The molecule has 3 fully saturated rings. The summed E-state index contributed by atoms with van der Waals surface area (Å²) in [6.45, 7) is 3.34. The molecule has 2 saturated heterocycles. The van der Waals surface area contributed by atoms with Crippen LogP contribution >= 0.6 is 23.5 Å². The van der Waals surface area contributed by atoms with Crippen LogP contribution in [0.15, 0.2) is 22.3 Å². The number of ether oxygens (including phenoxy) is 2. The molecule has 6 nitrogen and oxygen atoms in total. The molecule has 182 valence electrons. The minimum Gasteiger partial charge on any atom is -0.493 e. The van der Waals surface area contributed by atoms with Crippen LogP contribution in [-0.4, -0.2) is 83.9 Å². The number of nitrogens with zero attached hydrogens (tertiary/aromatic N) is 4. The molecule has 0 radical (unpaired) electrons. The molecule has 1 aromatic carbocycles. The molecule has 4 aliphatic heterocycles. The molecular formula is C26H34N4O2S2. The van der Waals surface area contributed by atoms with Gasteiger partial charge in [-0.15, -0.1) is 33.7 Å². The van der Waals surface area contributed by atoms with Gasteiger partial charge >= 0.3 is 0 Å². The van der Waals surface area contributed by atoms with Crippen LogP contribution in [0.25, 0.3) is 0 Å². The third-order valence-electron chi connectivity index (χ3n) is 9.93. The van der Waals surface area contributed by atoms with Gasteiger partial charge in [-0.1, -0.05) is 6.07 Å². The summed E-state index contributed by atoms with van der Waals surface area (Å²) >= 11 is 3.58. The van der Waals surface area contributed by atoms with E-state index in [2.05, 4.69) is 41.5 Å². The second-order valence-corrected chi connectivity index (χ2v) is 12.5. The van der Waals surface area contributed by atoms with E-state index in [0.717, 1.165) is 55.4 Å². The molecule has 0 aromatic heterocycles. The maximum atomic E-state index is 7.30. The van der Waals surface area contributed by atoms with Crippen molar-refractivity contribution >= 4 is 33.6 Å². The van der Waals surface area contributed by atoms with E-state index in [0.29, 0.717) is 17.9 Å². The minimum absolute atomic E-state index is 0.00504. The predicted molar refractivity (Wildman–Crippen MR) is 141 cm³/mol. The summed E-state index contributed by atoms with van der Waals surface area (Å²) in [5.41, 5.74) is 2.69. The summed E-state index contributed by atoms with van der Waals surface area (Å²) in [6, 6.07) is 5.00. The summed E-state index contributed by atoms with van der Waals surface area (Å²) in [5, 5.41) is 12.1. The number of rotatable bonds is 2. The number of methoxy groups -OCH3 is 1. The molecule has 0 N–H and O–H groups in total. The molecule has 0 amide bonds. The Hall–Kier alpha value is -1.22. The standard InChI is InChI=1S/C26H34N4O2S2/c1-29-12-9-25-16-14-17-22(33-3)27-28-24(34-4)26(17,30-10-5-6-11-30)23(25)32-21-19(31-2)8-7-15(20(21)25)13-18(16)29/h7-8,16-18,23H,5-6,9-14H2,1-4H3/t16?,17?,18-,23+,25?,26?/m0/s1. The van der Waals surface area contributed by atoms with Gasteiger partial charge in [-0.2, -0.15) is 0 Å². The number of likely N-dealkylation sites (N-methyl/N-ethyl adjacent to an activating group) is 1. The van der Waals surface area contributed by atoms with E-state index in [1.165, 1.54) is 29.0 Å². The minimum atomic E-state index is -0.258. The molecule has 6 aliphatic rings. The zero-order valence-electron chi connectivity index (χ0n) is 20.5. The Balaban J connectivity index is 1.53. The van der Waals surface area contributed by atoms with Gasteiger partial charge in [-0.05, 0) is 88.8 Å². The average Bonchev–Trinajstić information content (AvgIpc) is 3.52. The fourth-order valence-electron chi connectivity index (χ4n) is 8.70. The highest BCUT2D eigenvalue weighted by molar-refractivity contribution is 8.14. The van der Waals surface area contributed by atoms with Crippen molar-refractivity contribution in [2.45, 2.75) is 55.2 Å². The lowest BCUT2D eigenvalue weighted by molar-refractivity contribution is -0.112. The van der Waals surface area contributed by atoms with Crippen molar-refractivity contribution in [3.05, 3.63) is 23.3 Å². The molecule has 7 rings (SSSR count). The molecule has 1 aromatic rings. The highest BCUT2D eigenvalue weighted by atomic mass is 32.2. The Morgan fingerprint density at radius 3 is 2.68 bits per heavy atom. The van der Waals surface area contributed by atoms with Crippen molar-refractivity contribution in [1.29, 1.82) is 0 Å². The second-order valence-electron chi connectivity index (χ2n) is 10.8. The van der Waals surface area contributed by atoms with Gasteiger partial charge in [0.15, 0.2) is 11.5 Å². The zero-order valence-corrected chi connectivity index (χ0v) is 22.2. The normalized spacial score (nSPS) is 40.2. The van der Waals surface area contributed by atoms with Gasteiger partial charge < -0.3 is 14.4 Å². The lowest BCUT2D eigenvalue weighted by atomic mass is 9.46. The van der Waals surface area contributed by atoms with Crippen LogP contribution in [-0.2, 0) is 11.8 Å². The fourth-order valence-corrected chi connectivity index (χ4v) is 10.2. The van der Waals surface area contributed by atoms with Crippen LogP contribution < -0.4 is 9.47 Å². The summed E-state index contributed by atoms with van der Waals surface area (Å²) in [4.78, 5) is 5.39. The van der Waals surface area contributed by atoms with Crippen molar-refractivity contribution in [3.8, 4) is 11.5 Å². The van der Waals surface area contributed by atoms with Crippen molar-refractivity contribution < 1.29 is 9.47 Å². The molecule has 34 heavy (non-hydrogen) atoms. The highest BCUT2D eigenvalue weighted by Crippen LogP contribution is 2.68. The monoisotopic (exact) mass is 498 g/mol. The van der Waals surface area contributed by atoms with Crippen LogP contribution in [0.4, 0.5) is 0 Å². The van der Waals surface area contributed by atoms with Gasteiger partial charge in [-0.3, -0.25) is 4.90 Å². The Labute approximate surface area is 210 Å². The van der Waals surface area contributed by atoms with Gasteiger partial charge in [0.2, 0.25) is 0 Å². The molecule has 2 aliphatic carbocycles. The van der Waals surface area contributed by atoms with Crippen molar-refractivity contribution in [3.63, 3.8) is 0 Å². The smallest absolute Gasteiger partial charge is 0.165 e. The molecule has 8 heteroatoms. The first-order valence-corrected chi connectivity index (χ1v) is 15.1. The number of piperidine rings is 1. The van der Waals surface area contributed by atoms with E-state index in [1.54, 1.807) is 30.6 Å². The van der Waals surface area contributed by atoms with Crippen molar-refractivity contribution in [2.24, 2.45) is 22.0 Å². The largest absolute Gasteiger partial charge is 0.493 e. The van der Waals surface area contributed by atoms with E-state index >= 15 is 0 Å². The summed E-state index contributed by atoms with van der Waals surface area (Å²) in [7, 11) is 4.12. The maximum absolute atomic E-state index is 7.30. The molecule has 1 spiro atoms. The van der Waals surface area contributed by atoms with Gasteiger partial charge in [0.25, 0.3) is 0 Å². The summed E-state index contributed by atoms with van der Waals surface area (Å²) in [6.07, 6.45) is 10.3. The lowest BCUT2D eigenvalue weighted by Crippen LogP contribution is -2.79. The Morgan fingerprint density at radius 1 is 1.12 bits per heavy atom. The van der Waals surface area contributed by atoms with Crippen LogP contribution in [0, 0.1) is 11.8 Å². The topological polar surface area (TPSA) is 49.7 Å². The van der Waals surface area contributed by atoms with E-state index in [4.69, 9.17) is 19.7 Å². The van der Waals surface area contributed by atoms with Crippen LogP contribution in [0.1, 0.15) is 36.8 Å². The molecule has 2 bridgehead atoms. The molecular weight excluding hydrogens is 464 g/mol. The van der Waals surface area contributed by atoms with Gasteiger partial charge in [0.05, 0.1) is 7.11 Å².